The number of hydrogen-bond donors (Lipinski definition) is 0. The van der Waals surface area contributed by atoms with Crippen molar-refractivity contribution in [3.63, 3.8) is 0 Å². The zero-order valence-electron chi connectivity index (χ0n) is 10.7. The van der Waals surface area contributed by atoms with E-state index in [-0.39, 0.29) is 5.91 Å². The standard InChI is InChI=1S/C14H19BrN2O/c1-2-17(11-7-4-3-5-8-11)14(18)13-12(15)9-6-10-16-13/h6,9-11H,2-5,7-8H2,1H3. The second kappa shape index (κ2) is 6.32. The van der Waals surface area contributed by atoms with Crippen LogP contribution in [0.25, 0.3) is 0 Å². The molecule has 18 heavy (non-hydrogen) atoms. The summed E-state index contributed by atoms with van der Waals surface area (Å²) in [7, 11) is 0. The van der Waals surface area contributed by atoms with Crippen molar-refractivity contribution in [2.24, 2.45) is 0 Å². The van der Waals surface area contributed by atoms with Gasteiger partial charge in [0.2, 0.25) is 0 Å². The number of amides is 1. The van der Waals surface area contributed by atoms with Crippen LogP contribution in [0.1, 0.15) is 49.5 Å². The molecule has 0 bridgehead atoms. The predicted molar refractivity (Wildman–Crippen MR) is 75.5 cm³/mol. The van der Waals surface area contributed by atoms with Gasteiger partial charge in [-0.2, -0.15) is 0 Å². The van der Waals surface area contributed by atoms with Crippen molar-refractivity contribution in [2.75, 3.05) is 6.54 Å². The zero-order valence-corrected chi connectivity index (χ0v) is 12.3. The van der Waals surface area contributed by atoms with E-state index in [0.29, 0.717) is 11.7 Å². The second-order valence-corrected chi connectivity index (χ2v) is 5.57. The number of nitrogens with zero attached hydrogens (tertiary/aromatic N) is 2. The maximum atomic E-state index is 12.5. The zero-order chi connectivity index (χ0) is 13.0. The number of hydrogen-bond acceptors (Lipinski definition) is 2. The Morgan fingerprint density at radius 3 is 2.78 bits per heavy atom. The van der Waals surface area contributed by atoms with E-state index < -0.39 is 0 Å². The Balaban J connectivity index is 2.17. The van der Waals surface area contributed by atoms with Crippen LogP contribution in [-0.4, -0.2) is 28.4 Å². The first-order valence-electron chi connectivity index (χ1n) is 6.65. The van der Waals surface area contributed by atoms with E-state index in [1.807, 2.05) is 24.0 Å². The largest absolute Gasteiger partial charge is 0.335 e. The van der Waals surface area contributed by atoms with Gasteiger partial charge >= 0.3 is 0 Å². The van der Waals surface area contributed by atoms with Gasteiger partial charge in [-0.1, -0.05) is 19.3 Å². The van der Waals surface area contributed by atoms with Gasteiger partial charge in [-0.25, -0.2) is 4.98 Å². The fourth-order valence-corrected chi connectivity index (χ4v) is 3.06. The highest BCUT2D eigenvalue weighted by atomic mass is 79.9. The molecule has 1 saturated carbocycles. The molecular formula is C14H19BrN2O. The van der Waals surface area contributed by atoms with E-state index in [4.69, 9.17) is 0 Å². The Bertz CT molecular complexity index is 416. The van der Waals surface area contributed by atoms with Gasteiger partial charge in [-0.05, 0) is 47.8 Å². The Hall–Kier alpha value is -0.900. The van der Waals surface area contributed by atoms with Crippen LogP contribution in [0, 0.1) is 0 Å². The topological polar surface area (TPSA) is 33.2 Å². The third kappa shape index (κ3) is 2.91. The molecule has 1 amide bonds. The van der Waals surface area contributed by atoms with E-state index in [2.05, 4.69) is 20.9 Å². The average Bonchev–Trinajstić information content (AvgIpc) is 2.41. The van der Waals surface area contributed by atoms with Crippen molar-refractivity contribution < 1.29 is 4.79 Å². The van der Waals surface area contributed by atoms with Crippen LogP contribution in [0.3, 0.4) is 0 Å². The van der Waals surface area contributed by atoms with Gasteiger partial charge in [-0.3, -0.25) is 4.79 Å². The highest BCUT2D eigenvalue weighted by Gasteiger charge is 2.26. The minimum atomic E-state index is 0.0527. The molecule has 0 unspecified atom stereocenters. The summed E-state index contributed by atoms with van der Waals surface area (Å²) in [4.78, 5) is 18.7. The monoisotopic (exact) mass is 310 g/mol. The van der Waals surface area contributed by atoms with Crippen molar-refractivity contribution >= 4 is 21.8 Å². The molecule has 1 heterocycles. The number of carbonyl (C=O) groups is 1. The molecule has 1 aromatic rings. The van der Waals surface area contributed by atoms with Crippen molar-refractivity contribution in [1.29, 1.82) is 0 Å². The number of carbonyl (C=O) groups excluding carboxylic acids is 1. The lowest BCUT2D eigenvalue weighted by Crippen LogP contribution is -2.41. The molecule has 98 valence electrons. The minimum Gasteiger partial charge on any atom is -0.335 e. The SMILES string of the molecule is CCN(C(=O)c1ncccc1Br)C1CCCCC1. The fraction of sp³-hybridized carbons (Fsp3) is 0.571. The summed E-state index contributed by atoms with van der Waals surface area (Å²) in [6.07, 6.45) is 7.70. The molecule has 0 spiro atoms. The second-order valence-electron chi connectivity index (χ2n) is 4.72. The maximum absolute atomic E-state index is 12.5. The highest BCUT2D eigenvalue weighted by Crippen LogP contribution is 2.25. The van der Waals surface area contributed by atoms with Crippen molar-refractivity contribution in [1.82, 2.24) is 9.88 Å². The van der Waals surface area contributed by atoms with Gasteiger partial charge in [-0.15, -0.1) is 0 Å². The number of pyridine rings is 1. The van der Waals surface area contributed by atoms with E-state index >= 15 is 0 Å². The van der Waals surface area contributed by atoms with Gasteiger partial charge < -0.3 is 4.90 Å². The lowest BCUT2D eigenvalue weighted by atomic mass is 9.94. The summed E-state index contributed by atoms with van der Waals surface area (Å²) in [5.74, 6) is 0.0527. The van der Waals surface area contributed by atoms with Crippen LogP contribution in [0.15, 0.2) is 22.8 Å². The van der Waals surface area contributed by atoms with Gasteiger partial charge in [0.15, 0.2) is 0 Å². The van der Waals surface area contributed by atoms with Crippen LogP contribution in [0.5, 0.6) is 0 Å². The highest BCUT2D eigenvalue weighted by molar-refractivity contribution is 9.10. The first-order chi connectivity index (χ1) is 8.74. The molecular weight excluding hydrogens is 292 g/mol. The first-order valence-corrected chi connectivity index (χ1v) is 7.44. The molecule has 1 fully saturated rings. The molecule has 3 nitrogen and oxygen atoms in total. The van der Waals surface area contributed by atoms with Gasteiger partial charge in [0.1, 0.15) is 5.69 Å². The van der Waals surface area contributed by atoms with Crippen LogP contribution in [-0.2, 0) is 0 Å². The Morgan fingerprint density at radius 1 is 1.44 bits per heavy atom. The van der Waals surface area contributed by atoms with Crippen LogP contribution in [0.4, 0.5) is 0 Å². The summed E-state index contributed by atoms with van der Waals surface area (Å²) in [5.41, 5.74) is 0.532. The summed E-state index contributed by atoms with van der Waals surface area (Å²) in [6, 6.07) is 4.09. The molecule has 0 aliphatic heterocycles. The number of rotatable bonds is 3. The third-order valence-corrected chi connectivity index (χ3v) is 4.22. The van der Waals surface area contributed by atoms with Gasteiger partial charge in [0, 0.05) is 23.3 Å². The van der Waals surface area contributed by atoms with E-state index in [1.165, 1.54) is 19.3 Å². The smallest absolute Gasteiger partial charge is 0.273 e. The normalized spacial score (nSPS) is 16.6. The Morgan fingerprint density at radius 2 is 2.17 bits per heavy atom. The molecule has 0 radical (unpaired) electrons. The third-order valence-electron chi connectivity index (χ3n) is 3.58. The van der Waals surface area contributed by atoms with Crippen LogP contribution < -0.4 is 0 Å². The molecule has 2 rings (SSSR count). The summed E-state index contributed by atoms with van der Waals surface area (Å²) in [5, 5.41) is 0. The summed E-state index contributed by atoms with van der Waals surface area (Å²) < 4.78 is 0.782. The lowest BCUT2D eigenvalue weighted by Gasteiger charge is -2.33. The van der Waals surface area contributed by atoms with E-state index in [0.717, 1.165) is 23.9 Å². The molecule has 0 atom stereocenters. The van der Waals surface area contributed by atoms with Crippen LogP contribution in [0.2, 0.25) is 0 Å². The molecule has 4 heteroatoms. The predicted octanol–water partition coefficient (Wildman–Crippen LogP) is 3.64. The quantitative estimate of drug-likeness (QED) is 0.854. The fourth-order valence-electron chi connectivity index (χ4n) is 2.64. The van der Waals surface area contributed by atoms with Crippen LogP contribution >= 0.6 is 15.9 Å². The van der Waals surface area contributed by atoms with Gasteiger partial charge in [0.25, 0.3) is 5.91 Å². The van der Waals surface area contributed by atoms with Gasteiger partial charge in [0.05, 0.1) is 0 Å². The molecule has 1 aliphatic carbocycles. The van der Waals surface area contributed by atoms with Crippen molar-refractivity contribution in [2.45, 2.75) is 45.1 Å². The summed E-state index contributed by atoms with van der Waals surface area (Å²) >= 11 is 3.41. The molecule has 1 aromatic heterocycles. The Kier molecular flexibility index (Phi) is 4.75. The summed E-state index contributed by atoms with van der Waals surface area (Å²) in [6.45, 7) is 2.80. The van der Waals surface area contributed by atoms with E-state index in [1.54, 1.807) is 6.20 Å². The average molecular weight is 311 g/mol. The minimum absolute atomic E-state index is 0.0527. The molecule has 0 aromatic carbocycles. The van der Waals surface area contributed by atoms with E-state index in [9.17, 15) is 4.79 Å². The lowest BCUT2D eigenvalue weighted by molar-refractivity contribution is 0.0641. The maximum Gasteiger partial charge on any atom is 0.273 e. The number of aromatic nitrogens is 1. The molecule has 0 saturated heterocycles. The molecule has 1 aliphatic rings. The number of halogens is 1. The van der Waals surface area contributed by atoms with Crippen molar-refractivity contribution in [3.8, 4) is 0 Å². The molecule has 0 N–H and O–H groups in total. The Labute approximate surface area is 117 Å². The first kappa shape index (κ1) is 13.5. The van der Waals surface area contributed by atoms with Crippen molar-refractivity contribution in [3.05, 3.63) is 28.5 Å².